The molecule has 0 aliphatic heterocycles. The van der Waals surface area contributed by atoms with Crippen molar-refractivity contribution < 1.29 is 14.4 Å². The standard InChI is InChI=1S/C8H9NO3/c9-2-1-5-3-7(11)8(12)4-6(5)10/h3H,1-2,4,9H2. The van der Waals surface area contributed by atoms with Gasteiger partial charge in [0, 0.05) is 5.57 Å². The smallest absolute Gasteiger partial charge is 0.222 e. The summed E-state index contributed by atoms with van der Waals surface area (Å²) in [7, 11) is 0. The predicted octanol–water partition coefficient (Wildman–Crippen LogP) is -0.627. The van der Waals surface area contributed by atoms with Crippen molar-refractivity contribution in [3.05, 3.63) is 11.6 Å². The van der Waals surface area contributed by atoms with E-state index < -0.39 is 11.6 Å². The molecule has 1 rings (SSSR count). The summed E-state index contributed by atoms with van der Waals surface area (Å²) in [5.74, 6) is -1.48. The number of allylic oxidation sites excluding steroid dienone is 1. The molecule has 0 atom stereocenters. The van der Waals surface area contributed by atoms with Crippen LogP contribution in [0.25, 0.3) is 0 Å². The quantitative estimate of drug-likeness (QED) is 0.439. The van der Waals surface area contributed by atoms with Crippen molar-refractivity contribution >= 4 is 17.3 Å². The average Bonchev–Trinajstić information content (AvgIpc) is 2.01. The van der Waals surface area contributed by atoms with Gasteiger partial charge in [-0.2, -0.15) is 0 Å². The van der Waals surface area contributed by atoms with Crippen molar-refractivity contribution in [2.24, 2.45) is 5.73 Å². The minimum Gasteiger partial charge on any atom is -0.330 e. The number of hydrogen-bond donors (Lipinski definition) is 1. The minimum absolute atomic E-state index is 0.273. The number of Topliss-reactive ketones (excluding diaryl/α,β-unsaturated/α-hetero) is 2. The highest BCUT2D eigenvalue weighted by Gasteiger charge is 2.24. The van der Waals surface area contributed by atoms with E-state index in [0.29, 0.717) is 18.5 Å². The Bertz CT molecular complexity index is 278. The van der Waals surface area contributed by atoms with Crippen LogP contribution >= 0.6 is 0 Å². The molecular weight excluding hydrogens is 158 g/mol. The SMILES string of the molecule is NCCC1=CC(=O)C(=O)CC1=O. The monoisotopic (exact) mass is 167 g/mol. The van der Waals surface area contributed by atoms with Gasteiger partial charge in [-0.15, -0.1) is 0 Å². The van der Waals surface area contributed by atoms with E-state index in [1.165, 1.54) is 0 Å². The van der Waals surface area contributed by atoms with Crippen molar-refractivity contribution in [2.75, 3.05) is 6.54 Å². The van der Waals surface area contributed by atoms with Crippen LogP contribution < -0.4 is 5.73 Å². The molecule has 0 aromatic heterocycles. The van der Waals surface area contributed by atoms with E-state index in [-0.39, 0.29) is 12.2 Å². The zero-order chi connectivity index (χ0) is 9.14. The Kier molecular flexibility index (Phi) is 2.50. The lowest BCUT2D eigenvalue weighted by Gasteiger charge is -2.08. The van der Waals surface area contributed by atoms with Gasteiger partial charge < -0.3 is 5.73 Å². The lowest BCUT2D eigenvalue weighted by atomic mass is 9.94. The van der Waals surface area contributed by atoms with Crippen LogP contribution in [0.3, 0.4) is 0 Å². The van der Waals surface area contributed by atoms with Crippen LogP contribution in [0.2, 0.25) is 0 Å². The predicted molar refractivity (Wildman–Crippen MR) is 41.4 cm³/mol. The summed E-state index contributed by atoms with van der Waals surface area (Å²) in [6.07, 6.45) is 1.18. The number of nitrogens with two attached hydrogens (primary N) is 1. The minimum atomic E-state index is -0.624. The van der Waals surface area contributed by atoms with Crippen molar-refractivity contribution in [1.82, 2.24) is 0 Å². The van der Waals surface area contributed by atoms with Crippen molar-refractivity contribution in [2.45, 2.75) is 12.8 Å². The van der Waals surface area contributed by atoms with Gasteiger partial charge in [-0.1, -0.05) is 0 Å². The van der Waals surface area contributed by atoms with Crippen LogP contribution in [-0.4, -0.2) is 23.9 Å². The van der Waals surface area contributed by atoms with Gasteiger partial charge in [-0.25, -0.2) is 0 Å². The summed E-state index contributed by atoms with van der Waals surface area (Å²) >= 11 is 0. The highest BCUT2D eigenvalue weighted by molar-refractivity contribution is 6.48. The molecule has 64 valence electrons. The molecule has 0 bridgehead atoms. The molecule has 0 radical (unpaired) electrons. The zero-order valence-corrected chi connectivity index (χ0v) is 6.50. The number of rotatable bonds is 2. The van der Waals surface area contributed by atoms with Gasteiger partial charge in [-0.3, -0.25) is 14.4 Å². The lowest BCUT2D eigenvalue weighted by molar-refractivity contribution is -0.136. The number of ketones is 3. The molecular formula is C8H9NO3. The molecule has 1 aliphatic carbocycles. The van der Waals surface area contributed by atoms with Crippen LogP contribution in [0.1, 0.15) is 12.8 Å². The Hall–Kier alpha value is -1.29. The third-order valence-electron chi connectivity index (χ3n) is 1.67. The topological polar surface area (TPSA) is 77.2 Å². The molecule has 4 heteroatoms. The number of carbonyl (C=O) groups is 3. The summed E-state index contributed by atoms with van der Waals surface area (Å²) in [6, 6.07) is 0. The largest absolute Gasteiger partial charge is 0.330 e. The maximum absolute atomic E-state index is 11.0. The van der Waals surface area contributed by atoms with Crippen molar-refractivity contribution in [1.29, 1.82) is 0 Å². The molecule has 0 aromatic carbocycles. The van der Waals surface area contributed by atoms with E-state index in [9.17, 15) is 14.4 Å². The third-order valence-corrected chi connectivity index (χ3v) is 1.67. The molecule has 1 aliphatic rings. The second-order valence-corrected chi connectivity index (χ2v) is 2.60. The third kappa shape index (κ3) is 1.65. The summed E-state index contributed by atoms with van der Waals surface area (Å²) in [6.45, 7) is 0.318. The van der Waals surface area contributed by atoms with Gasteiger partial charge in [-0.05, 0) is 19.0 Å². The Balaban J connectivity index is 2.85. The Labute approximate surface area is 69.4 Å². The molecule has 0 fully saturated rings. The lowest BCUT2D eigenvalue weighted by Crippen LogP contribution is -2.24. The first-order chi connectivity index (χ1) is 5.65. The first-order valence-electron chi connectivity index (χ1n) is 3.66. The molecule has 0 saturated heterocycles. The Morgan fingerprint density at radius 1 is 1.25 bits per heavy atom. The molecule has 12 heavy (non-hydrogen) atoms. The van der Waals surface area contributed by atoms with Gasteiger partial charge in [0.15, 0.2) is 5.78 Å². The summed E-state index contributed by atoms with van der Waals surface area (Å²) < 4.78 is 0. The Morgan fingerprint density at radius 3 is 2.50 bits per heavy atom. The maximum atomic E-state index is 11.0. The van der Waals surface area contributed by atoms with E-state index in [1.54, 1.807) is 0 Å². The second-order valence-electron chi connectivity index (χ2n) is 2.60. The molecule has 4 nitrogen and oxygen atoms in total. The normalized spacial score (nSPS) is 18.1. The van der Waals surface area contributed by atoms with Crippen molar-refractivity contribution in [3.8, 4) is 0 Å². The van der Waals surface area contributed by atoms with Crippen LogP contribution in [0, 0.1) is 0 Å². The van der Waals surface area contributed by atoms with Gasteiger partial charge in [0.25, 0.3) is 0 Å². The van der Waals surface area contributed by atoms with E-state index in [2.05, 4.69) is 0 Å². The van der Waals surface area contributed by atoms with E-state index >= 15 is 0 Å². The van der Waals surface area contributed by atoms with Gasteiger partial charge in [0.05, 0.1) is 6.42 Å². The Morgan fingerprint density at radius 2 is 1.92 bits per heavy atom. The molecule has 0 aromatic rings. The van der Waals surface area contributed by atoms with Crippen LogP contribution in [0.15, 0.2) is 11.6 Å². The van der Waals surface area contributed by atoms with E-state index in [1.807, 2.05) is 0 Å². The molecule has 0 heterocycles. The number of carbonyl (C=O) groups excluding carboxylic acids is 3. The maximum Gasteiger partial charge on any atom is 0.222 e. The molecule has 2 N–H and O–H groups in total. The first kappa shape index (κ1) is 8.80. The summed E-state index contributed by atoms with van der Waals surface area (Å²) in [4.78, 5) is 32.6. The van der Waals surface area contributed by atoms with Gasteiger partial charge >= 0.3 is 0 Å². The first-order valence-corrected chi connectivity index (χ1v) is 3.66. The zero-order valence-electron chi connectivity index (χ0n) is 6.50. The molecule has 0 amide bonds. The number of hydrogen-bond acceptors (Lipinski definition) is 4. The summed E-state index contributed by atoms with van der Waals surface area (Å²) in [5, 5.41) is 0. The average molecular weight is 167 g/mol. The molecule has 0 saturated carbocycles. The van der Waals surface area contributed by atoms with Crippen LogP contribution in [0.5, 0.6) is 0 Å². The van der Waals surface area contributed by atoms with E-state index in [0.717, 1.165) is 6.08 Å². The van der Waals surface area contributed by atoms with E-state index in [4.69, 9.17) is 5.73 Å². The molecule has 0 spiro atoms. The fourth-order valence-corrected chi connectivity index (χ4v) is 1.03. The highest BCUT2D eigenvalue weighted by Crippen LogP contribution is 2.11. The fourth-order valence-electron chi connectivity index (χ4n) is 1.03. The fraction of sp³-hybridized carbons (Fsp3) is 0.375. The summed E-state index contributed by atoms with van der Waals surface area (Å²) in [5.41, 5.74) is 5.59. The van der Waals surface area contributed by atoms with Gasteiger partial charge in [0.1, 0.15) is 0 Å². The van der Waals surface area contributed by atoms with Crippen LogP contribution in [-0.2, 0) is 14.4 Å². The van der Waals surface area contributed by atoms with Crippen LogP contribution in [0.4, 0.5) is 0 Å². The molecule has 0 unspecified atom stereocenters. The van der Waals surface area contributed by atoms with Gasteiger partial charge in [0.2, 0.25) is 11.6 Å². The second kappa shape index (κ2) is 3.40. The highest BCUT2D eigenvalue weighted by atomic mass is 16.2. The van der Waals surface area contributed by atoms with Crippen molar-refractivity contribution in [3.63, 3.8) is 0 Å².